The molecule has 0 fully saturated rings. The number of allylic oxidation sites excluding steroid dienone is 1. The van der Waals surface area contributed by atoms with Crippen LogP contribution in [0.3, 0.4) is 0 Å². The number of carbonyl (C=O) groups is 2. The molecule has 5 nitrogen and oxygen atoms in total. The van der Waals surface area contributed by atoms with Crippen LogP contribution in [0.4, 0.5) is 4.39 Å². The van der Waals surface area contributed by atoms with Crippen molar-refractivity contribution in [2.24, 2.45) is 16.4 Å². The lowest BCUT2D eigenvalue weighted by Gasteiger charge is -2.37. The molecule has 1 aromatic carbocycles. The van der Waals surface area contributed by atoms with Crippen molar-refractivity contribution in [2.75, 3.05) is 0 Å². The van der Waals surface area contributed by atoms with E-state index in [1.807, 2.05) is 34.6 Å². The van der Waals surface area contributed by atoms with Crippen molar-refractivity contribution in [2.45, 2.75) is 53.0 Å². The number of hydrazone groups is 1. The summed E-state index contributed by atoms with van der Waals surface area (Å²) in [5.74, 6) is -1.63. The normalized spacial score (nSPS) is 21.9. The molecule has 1 unspecified atom stereocenters. The van der Waals surface area contributed by atoms with E-state index in [-0.39, 0.29) is 17.1 Å². The number of Topliss-reactive ketones (excluding diaryl/α,β-unsaturated/α-hetero) is 1. The van der Waals surface area contributed by atoms with Crippen LogP contribution in [-0.4, -0.2) is 22.9 Å². The molecule has 0 saturated heterocycles. The van der Waals surface area contributed by atoms with Crippen LogP contribution in [0.1, 0.15) is 53.0 Å². The van der Waals surface area contributed by atoms with Crippen LogP contribution < -0.4 is 10.7 Å². The van der Waals surface area contributed by atoms with Gasteiger partial charge in [0.05, 0.1) is 5.71 Å². The number of carbonyl (C=O) groups excluding carboxylic acids is 2. The van der Waals surface area contributed by atoms with Gasteiger partial charge in [0, 0.05) is 28.8 Å². The maximum Gasteiger partial charge on any atom is 0.234 e. The van der Waals surface area contributed by atoms with E-state index in [2.05, 4.69) is 15.8 Å². The van der Waals surface area contributed by atoms with E-state index < -0.39 is 17.3 Å². The van der Waals surface area contributed by atoms with E-state index >= 15 is 0 Å². The van der Waals surface area contributed by atoms with Gasteiger partial charge >= 0.3 is 0 Å². The van der Waals surface area contributed by atoms with E-state index in [0.29, 0.717) is 35.4 Å². The molecule has 1 heterocycles. The number of rotatable bonds is 2. The van der Waals surface area contributed by atoms with Gasteiger partial charge in [-0.15, -0.1) is 0 Å². The maximum absolute atomic E-state index is 13.8. The predicted molar refractivity (Wildman–Crippen MR) is 103 cm³/mol. The number of hydrogen-bond donors (Lipinski definition) is 2. The van der Waals surface area contributed by atoms with Gasteiger partial charge in [-0.25, -0.2) is 4.39 Å². The molecule has 0 spiro atoms. The standard InChI is InChI=1S/C21H26FN3O2/c1-20(2,3)23-19(27)17-16-14(10-21(4,5)11-15(16)26)24-25-18(17)12-7-6-8-13(22)9-12/h6-9,17,24H,10-11H2,1-5H3,(H,23,27). The average Bonchev–Trinajstić information content (AvgIpc) is 2.51. The van der Waals surface area contributed by atoms with Gasteiger partial charge in [-0.3, -0.25) is 15.0 Å². The van der Waals surface area contributed by atoms with Gasteiger partial charge in [-0.05, 0) is 44.7 Å². The summed E-state index contributed by atoms with van der Waals surface area (Å²) in [6.45, 7) is 9.68. The lowest BCUT2D eigenvalue weighted by Crippen LogP contribution is -2.50. The highest BCUT2D eigenvalue weighted by Gasteiger charge is 2.43. The minimum absolute atomic E-state index is 0.0633. The Kier molecular flexibility index (Phi) is 4.70. The van der Waals surface area contributed by atoms with Crippen molar-refractivity contribution in [3.8, 4) is 0 Å². The summed E-state index contributed by atoms with van der Waals surface area (Å²) in [5, 5.41) is 7.34. The molecule has 2 aliphatic rings. The number of hydrogen-bond acceptors (Lipinski definition) is 4. The second kappa shape index (κ2) is 6.59. The minimum atomic E-state index is -0.856. The van der Waals surface area contributed by atoms with E-state index in [9.17, 15) is 14.0 Å². The number of halogens is 1. The predicted octanol–water partition coefficient (Wildman–Crippen LogP) is 3.31. The zero-order valence-corrected chi connectivity index (χ0v) is 16.4. The third kappa shape index (κ3) is 4.10. The Labute approximate surface area is 159 Å². The van der Waals surface area contributed by atoms with Gasteiger partial charge in [0.2, 0.25) is 5.91 Å². The summed E-state index contributed by atoms with van der Waals surface area (Å²) in [7, 11) is 0. The number of benzene rings is 1. The van der Waals surface area contributed by atoms with Crippen LogP contribution in [0.2, 0.25) is 0 Å². The molecule has 27 heavy (non-hydrogen) atoms. The highest BCUT2D eigenvalue weighted by molar-refractivity contribution is 6.21. The topological polar surface area (TPSA) is 70.6 Å². The quantitative estimate of drug-likeness (QED) is 0.838. The summed E-state index contributed by atoms with van der Waals surface area (Å²) in [5.41, 5.74) is 4.29. The zero-order valence-electron chi connectivity index (χ0n) is 16.4. The molecule has 1 amide bonds. The average molecular weight is 371 g/mol. The fourth-order valence-electron chi connectivity index (χ4n) is 3.67. The van der Waals surface area contributed by atoms with Crippen molar-refractivity contribution >= 4 is 17.4 Å². The first-order valence-electron chi connectivity index (χ1n) is 9.15. The Morgan fingerprint density at radius 3 is 2.63 bits per heavy atom. The maximum atomic E-state index is 13.8. The number of nitrogens with one attached hydrogen (secondary N) is 2. The molecule has 144 valence electrons. The molecule has 1 aliphatic heterocycles. The Bertz CT molecular complexity index is 862. The number of nitrogens with zero attached hydrogens (tertiary/aromatic N) is 1. The van der Waals surface area contributed by atoms with E-state index in [1.54, 1.807) is 12.1 Å². The molecule has 0 radical (unpaired) electrons. The highest BCUT2D eigenvalue weighted by atomic mass is 19.1. The van der Waals surface area contributed by atoms with Crippen LogP contribution in [-0.2, 0) is 9.59 Å². The first-order valence-corrected chi connectivity index (χ1v) is 9.15. The minimum Gasteiger partial charge on any atom is -0.351 e. The summed E-state index contributed by atoms with van der Waals surface area (Å²) < 4.78 is 13.8. The zero-order chi connectivity index (χ0) is 20.0. The van der Waals surface area contributed by atoms with Gasteiger partial charge in [0.15, 0.2) is 5.78 Å². The Hall–Kier alpha value is -2.50. The largest absolute Gasteiger partial charge is 0.351 e. The SMILES string of the molecule is CC1(C)CC(=O)C2=C(C1)NN=C(c1cccc(F)c1)C2C(=O)NC(C)(C)C. The number of ketones is 1. The van der Waals surface area contributed by atoms with Gasteiger partial charge in [0.1, 0.15) is 11.7 Å². The molecular weight excluding hydrogens is 345 g/mol. The molecule has 1 aliphatic carbocycles. The molecule has 0 aromatic heterocycles. The van der Waals surface area contributed by atoms with Crippen LogP contribution in [0.25, 0.3) is 0 Å². The van der Waals surface area contributed by atoms with Crippen LogP contribution in [0.15, 0.2) is 40.6 Å². The van der Waals surface area contributed by atoms with Crippen LogP contribution in [0.5, 0.6) is 0 Å². The van der Waals surface area contributed by atoms with Gasteiger partial charge in [0.25, 0.3) is 0 Å². The van der Waals surface area contributed by atoms with Crippen LogP contribution >= 0.6 is 0 Å². The van der Waals surface area contributed by atoms with Gasteiger partial charge in [-0.2, -0.15) is 5.10 Å². The first kappa shape index (κ1) is 19.3. The van der Waals surface area contributed by atoms with Gasteiger partial charge in [-0.1, -0.05) is 26.0 Å². The summed E-state index contributed by atoms with van der Waals surface area (Å²) >= 11 is 0. The molecule has 1 atom stereocenters. The molecule has 6 heteroatoms. The van der Waals surface area contributed by atoms with Crippen LogP contribution in [0, 0.1) is 17.2 Å². The Morgan fingerprint density at radius 1 is 1.30 bits per heavy atom. The lowest BCUT2D eigenvalue weighted by atomic mass is 9.71. The molecule has 1 aromatic rings. The Balaban J connectivity index is 2.09. The lowest BCUT2D eigenvalue weighted by molar-refractivity contribution is -0.126. The highest BCUT2D eigenvalue weighted by Crippen LogP contribution is 2.40. The van der Waals surface area contributed by atoms with Crippen molar-refractivity contribution in [1.82, 2.24) is 10.7 Å². The monoisotopic (exact) mass is 371 g/mol. The number of amides is 1. The molecule has 0 bridgehead atoms. The van der Waals surface area contributed by atoms with Gasteiger partial charge < -0.3 is 5.32 Å². The Morgan fingerprint density at radius 2 is 2.00 bits per heavy atom. The van der Waals surface area contributed by atoms with Crippen molar-refractivity contribution in [3.05, 3.63) is 46.9 Å². The molecule has 3 rings (SSSR count). The van der Waals surface area contributed by atoms with Crippen molar-refractivity contribution < 1.29 is 14.0 Å². The molecule has 0 saturated carbocycles. The molecule has 2 N–H and O–H groups in total. The summed E-state index contributed by atoms with van der Waals surface area (Å²) in [6.07, 6.45) is 0.997. The first-order chi connectivity index (χ1) is 12.5. The van der Waals surface area contributed by atoms with Crippen molar-refractivity contribution in [1.29, 1.82) is 0 Å². The third-order valence-corrected chi connectivity index (χ3v) is 4.67. The second-order valence-corrected chi connectivity index (χ2v) is 9.12. The van der Waals surface area contributed by atoms with Crippen molar-refractivity contribution in [3.63, 3.8) is 0 Å². The molecular formula is C21H26FN3O2. The van der Waals surface area contributed by atoms with E-state index in [1.165, 1.54) is 12.1 Å². The third-order valence-electron chi connectivity index (χ3n) is 4.67. The fourth-order valence-corrected chi connectivity index (χ4v) is 3.67. The summed E-state index contributed by atoms with van der Waals surface area (Å²) in [4.78, 5) is 26.1. The van der Waals surface area contributed by atoms with E-state index in [4.69, 9.17) is 0 Å². The fraction of sp³-hybridized carbons (Fsp3) is 0.476. The van der Waals surface area contributed by atoms with E-state index in [0.717, 1.165) is 0 Å². The summed E-state index contributed by atoms with van der Waals surface area (Å²) in [6, 6.07) is 5.94. The smallest absolute Gasteiger partial charge is 0.234 e. The second-order valence-electron chi connectivity index (χ2n) is 9.12.